The van der Waals surface area contributed by atoms with Gasteiger partial charge in [-0.15, -0.1) is 0 Å². The molecule has 144 valence electrons. The normalized spacial score (nSPS) is 17.6. The number of allylic oxidation sites excluding steroid dienone is 2. The Morgan fingerprint density at radius 2 is 1.86 bits per heavy atom. The molecule has 5 nitrogen and oxygen atoms in total. The summed E-state index contributed by atoms with van der Waals surface area (Å²) in [4.78, 5) is 11.3. The second kappa shape index (κ2) is 5.97. The van der Waals surface area contributed by atoms with Crippen LogP contribution in [0.25, 0.3) is 5.57 Å². The highest BCUT2D eigenvalue weighted by Gasteiger charge is 2.55. The van der Waals surface area contributed by atoms with E-state index in [1.165, 1.54) is 6.07 Å². The first-order chi connectivity index (χ1) is 13.1. The monoisotopic (exact) mass is 447 g/mol. The van der Waals surface area contributed by atoms with Crippen molar-refractivity contribution < 1.29 is 18.0 Å². The largest absolute Gasteiger partial charge is 0.737 e. The number of aryl methyl sites for hydroxylation is 2. The number of nitro groups is 1. The molecular formula is C19H17BBrF2N3O2. The van der Waals surface area contributed by atoms with Gasteiger partial charge in [0, 0.05) is 34.8 Å². The van der Waals surface area contributed by atoms with Gasteiger partial charge in [0.1, 0.15) is 5.71 Å². The lowest BCUT2D eigenvalue weighted by Gasteiger charge is -2.33. The van der Waals surface area contributed by atoms with Crippen molar-refractivity contribution >= 4 is 39.9 Å². The zero-order valence-corrected chi connectivity index (χ0v) is 17.3. The van der Waals surface area contributed by atoms with E-state index in [-0.39, 0.29) is 5.69 Å². The lowest BCUT2D eigenvalue weighted by Crippen LogP contribution is -2.51. The van der Waals surface area contributed by atoms with E-state index < -0.39 is 11.9 Å². The molecule has 28 heavy (non-hydrogen) atoms. The third-order valence-electron chi connectivity index (χ3n) is 5.36. The summed E-state index contributed by atoms with van der Waals surface area (Å²) in [7, 11) is 0. The van der Waals surface area contributed by atoms with Crippen LogP contribution in [0.5, 0.6) is 0 Å². The van der Waals surface area contributed by atoms with Crippen LogP contribution in [0, 0.1) is 24.0 Å². The van der Waals surface area contributed by atoms with Crippen LogP contribution in [-0.4, -0.2) is 26.6 Å². The third-order valence-corrected chi connectivity index (χ3v) is 5.85. The maximum atomic E-state index is 15.6. The summed E-state index contributed by atoms with van der Waals surface area (Å²) in [5.41, 5.74) is 3.50. The van der Waals surface area contributed by atoms with Crippen molar-refractivity contribution in [3.05, 3.63) is 78.7 Å². The first-order valence-corrected chi connectivity index (χ1v) is 9.56. The highest BCUT2D eigenvalue weighted by molar-refractivity contribution is 9.10. The van der Waals surface area contributed by atoms with Gasteiger partial charge in [0.2, 0.25) is 0 Å². The predicted octanol–water partition coefficient (Wildman–Crippen LogP) is 5.20. The Morgan fingerprint density at radius 1 is 1.18 bits per heavy atom. The SMILES string of the molecule is CC1=CC(C)=[N+]2C1=C(c1ccc(Br)cc1[N+](=O)[O-])c1c(C)cc(C)n1[B-]2(F)F. The summed E-state index contributed by atoms with van der Waals surface area (Å²) >= 11 is 3.27. The molecule has 0 aliphatic carbocycles. The van der Waals surface area contributed by atoms with Crippen molar-refractivity contribution in [2.45, 2.75) is 27.7 Å². The minimum Gasteiger partial charge on any atom is -0.393 e. The van der Waals surface area contributed by atoms with E-state index >= 15 is 8.63 Å². The van der Waals surface area contributed by atoms with E-state index in [1.54, 1.807) is 52.0 Å². The molecule has 3 heterocycles. The summed E-state index contributed by atoms with van der Waals surface area (Å²) in [6.07, 6.45) is 1.70. The molecule has 2 aliphatic rings. The zero-order valence-electron chi connectivity index (χ0n) is 15.8. The first kappa shape index (κ1) is 18.8. The molecule has 0 radical (unpaired) electrons. The Kier molecular flexibility index (Phi) is 4.01. The number of nitro benzene ring substituents is 1. The molecule has 0 unspecified atom stereocenters. The molecular weight excluding hydrogens is 431 g/mol. The molecule has 1 aromatic heterocycles. The molecule has 0 N–H and O–H groups in total. The number of halogens is 3. The van der Waals surface area contributed by atoms with Crippen LogP contribution in [0.15, 0.2) is 46.1 Å². The van der Waals surface area contributed by atoms with Gasteiger partial charge >= 0.3 is 6.97 Å². The Hall–Kier alpha value is -2.55. The van der Waals surface area contributed by atoms with Gasteiger partial charge in [0.05, 0.1) is 16.1 Å². The summed E-state index contributed by atoms with van der Waals surface area (Å²) in [6, 6.07) is 6.42. The van der Waals surface area contributed by atoms with Crippen LogP contribution in [-0.2, 0) is 0 Å². The first-order valence-electron chi connectivity index (χ1n) is 8.77. The highest BCUT2D eigenvalue weighted by atomic mass is 79.9. The molecule has 0 spiro atoms. The van der Waals surface area contributed by atoms with E-state index in [0.29, 0.717) is 49.5 Å². The Bertz CT molecular complexity index is 1180. The predicted molar refractivity (Wildman–Crippen MR) is 109 cm³/mol. The van der Waals surface area contributed by atoms with Crippen LogP contribution in [0.4, 0.5) is 14.3 Å². The van der Waals surface area contributed by atoms with Gasteiger partial charge in [-0.25, -0.2) is 0 Å². The van der Waals surface area contributed by atoms with Gasteiger partial charge in [-0.05, 0) is 50.2 Å². The van der Waals surface area contributed by atoms with Gasteiger partial charge in [0.25, 0.3) is 5.69 Å². The summed E-state index contributed by atoms with van der Waals surface area (Å²) in [6.45, 7) is 2.69. The van der Waals surface area contributed by atoms with Gasteiger partial charge in [-0.2, -0.15) is 0 Å². The number of fused-ring (bicyclic) bond motifs is 2. The molecule has 2 aliphatic heterocycles. The molecule has 0 atom stereocenters. The second-order valence-corrected chi connectivity index (χ2v) is 8.17. The van der Waals surface area contributed by atoms with Gasteiger partial charge in [0.15, 0.2) is 5.70 Å². The van der Waals surface area contributed by atoms with Gasteiger partial charge in [-0.3, -0.25) is 10.1 Å². The van der Waals surface area contributed by atoms with Crippen molar-refractivity contribution in [1.82, 2.24) is 4.48 Å². The van der Waals surface area contributed by atoms with E-state index in [0.717, 1.165) is 8.96 Å². The average molecular weight is 448 g/mol. The Labute approximate surface area is 169 Å². The summed E-state index contributed by atoms with van der Waals surface area (Å²) in [5.74, 6) is 0. The van der Waals surface area contributed by atoms with Crippen molar-refractivity contribution in [2.75, 3.05) is 0 Å². The number of benzene rings is 1. The van der Waals surface area contributed by atoms with Crippen molar-refractivity contribution in [3.8, 4) is 0 Å². The van der Waals surface area contributed by atoms with Crippen LogP contribution in [0.3, 0.4) is 0 Å². The van der Waals surface area contributed by atoms with Crippen LogP contribution in [0.1, 0.15) is 36.4 Å². The van der Waals surface area contributed by atoms with E-state index in [1.807, 2.05) is 0 Å². The Balaban J connectivity index is 2.21. The molecule has 0 amide bonds. The number of hydrogen-bond donors (Lipinski definition) is 0. The molecule has 0 bridgehead atoms. The zero-order chi connectivity index (χ0) is 20.5. The maximum absolute atomic E-state index is 15.6. The van der Waals surface area contributed by atoms with Crippen molar-refractivity contribution in [2.24, 2.45) is 0 Å². The molecule has 0 fully saturated rings. The maximum Gasteiger partial charge on any atom is 0.737 e. The average Bonchev–Trinajstić information content (AvgIpc) is 3.06. The molecule has 4 rings (SSSR count). The Morgan fingerprint density at radius 3 is 2.50 bits per heavy atom. The lowest BCUT2D eigenvalue weighted by atomic mass is 9.83. The quantitative estimate of drug-likeness (QED) is 0.360. The smallest absolute Gasteiger partial charge is 0.393 e. The number of aromatic nitrogens is 1. The van der Waals surface area contributed by atoms with E-state index in [4.69, 9.17) is 0 Å². The topological polar surface area (TPSA) is 51.1 Å². The second-order valence-electron chi connectivity index (χ2n) is 7.26. The fourth-order valence-corrected chi connectivity index (χ4v) is 4.77. The highest BCUT2D eigenvalue weighted by Crippen LogP contribution is 2.46. The summed E-state index contributed by atoms with van der Waals surface area (Å²) in [5, 5.41) is 11.8. The van der Waals surface area contributed by atoms with E-state index in [2.05, 4.69) is 15.9 Å². The van der Waals surface area contributed by atoms with Crippen molar-refractivity contribution in [3.63, 3.8) is 0 Å². The molecule has 1 aromatic carbocycles. The molecule has 0 saturated carbocycles. The minimum absolute atomic E-state index is 0.128. The number of hydrogen-bond acceptors (Lipinski definition) is 2. The van der Waals surface area contributed by atoms with Crippen LogP contribution < -0.4 is 0 Å². The standard InChI is InChI=1S/C19H17BBrF2N3O2/c1-10-7-12(3)24-18(10)17(15-6-5-14(21)9-16(15)26(27)28)19-11(2)8-13(4)25(19)20(24,22)23/h5-9H,1-4H3. The van der Waals surface area contributed by atoms with Gasteiger partial charge in [-0.1, -0.05) is 15.9 Å². The minimum atomic E-state index is -4.11. The molecule has 9 heteroatoms. The fraction of sp³-hybridized carbons (Fsp3) is 0.211. The van der Waals surface area contributed by atoms with E-state index in [9.17, 15) is 10.1 Å². The van der Waals surface area contributed by atoms with Crippen LogP contribution >= 0.6 is 15.9 Å². The fourth-order valence-electron chi connectivity index (χ4n) is 4.42. The number of nitrogens with zero attached hydrogens (tertiary/aromatic N) is 3. The number of rotatable bonds is 2. The third kappa shape index (κ3) is 2.38. The molecule has 0 saturated heterocycles. The van der Waals surface area contributed by atoms with Gasteiger partial charge < -0.3 is 17.6 Å². The molecule has 2 aromatic rings. The summed E-state index contributed by atoms with van der Waals surface area (Å²) < 4.78 is 33.8. The lowest BCUT2D eigenvalue weighted by molar-refractivity contribution is -0.385. The van der Waals surface area contributed by atoms with Crippen molar-refractivity contribution in [1.29, 1.82) is 0 Å². The van der Waals surface area contributed by atoms with Crippen LogP contribution in [0.2, 0.25) is 0 Å².